The molecule has 0 aromatic rings. The van der Waals surface area contributed by atoms with Crippen LogP contribution in [0.1, 0.15) is 32.1 Å². The number of nitrogens with zero attached hydrogens (tertiary/aromatic N) is 1. The quantitative estimate of drug-likeness (QED) is 0.726. The van der Waals surface area contributed by atoms with E-state index >= 15 is 0 Å². The Hall–Kier alpha value is -0.770. The predicted octanol–water partition coefficient (Wildman–Crippen LogP) is 0.919. The molecule has 0 spiro atoms. The molecule has 0 radical (unpaired) electrons. The molecule has 1 aliphatic carbocycles. The molecule has 1 saturated carbocycles. The highest BCUT2D eigenvalue weighted by Gasteiger charge is 2.34. The number of hydrogen-bond acceptors (Lipinski definition) is 2. The van der Waals surface area contributed by atoms with E-state index in [4.69, 9.17) is 5.73 Å². The number of amides is 2. The monoisotopic (exact) mass is 211 g/mol. The lowest BCUT2D eigenvalue weighted by Crippen LogP contribution is -2.32. The maximum absolute atomic E-state index is 11.6. The Kier molecular flexibility index (Phi) is 3.46. The van der Waals surface area contributed by atoms with Gasteiger partial charge in [0.15, 0.2) is 0 Å². The lowest BCUT2D eigenvalue weighted by Gasteiger charge is -2.17. The van der Waals surface area contributed by atoms with Gasteiger partial charge in [-0.1, -0.05) is 12.8 Å². The molecule has 4 heteroatoms. The number of rotatable bonds is 4. The van der Waals surface area contributed by atoms with E-state index in [0.29, 0.717) is 12.6 Å². The first-order valence-electron chi connectivity index (χ1n) is 6.07. The summed E-state index contributed by atoms with van der Waals surface area (Å²) >= 11 is 0. The van der Waals surface area contributed by atoms with Crippen molar-refractivity contribution in [1.82, 2.24) is 10.2 Å². The first kappa shape index (κ1) is 10.7. The molecule has 1 saturated heterocycles. The normalized spacial score (nSPS) is 27.4. The van der Waals surface area contributed by atoms with Crippen LogP contribution in [0.25, 0.3) is 0 Å². The van der Waals surface area contributed by atoms with Crippen molar-refractivity contribution in [3.63, 3.8) is 0 Å². The maximum Gasteiger partial charge on any atom is 0.317 e. The Morgan fingerprint density at radius 2 is 2.13 bits per heavy atom. The van der Waals surface area contributed by atoms with Gasteiger partial charge in [0, 0.05) is 13.1 Å². The van der Waals surface area contributed by atoms with Crippen molar-refractivity contribution in [2.45, 2.75) is 38.1 Å². The SMILES string of the molecule is NCCCN1CC(C2CCCC2)NC1=O. The smallest absolute Gasteiger partial charge is 0.317 e. The molecule has 0 aromatic carbocycles. The Bertz CT molecular complexity index is 226. The largest absolute Gasteiger partial charge is 0.333 e. The molecule has 2 rings (SSSR count). The third kappa shape index (κ3) is 2.43. The van der Waals surface area contributed by atoms with E-state index in [0.717, 1.165) is 25.4 Å². The van der Waals surface area contributed by atoms with E-state index in [1.54, 1.807) is 0 Å². The molecule has 1 atom stereocenters. The molecule has 0 bridgehead atoms. The van der Waals surface area contributed by atoms with Crippen LogP contribution in [-0.2, 0) is 0 Å². The van der Waals surface area contributed by atoms with E-state index in [1.165, 1.54) is 25.7 Å². The summed E-state index contributed by atoms with van der Waals surface area (Å²) in [6, 6.07) is 0.512. The van der Waals surface area contributed by atoms with Gasteiger partial charge in [0.1, 0.15) is 0 Å². The topological polar surface area (TPSA) is 58.4 Å². The van der Waals surface area contributed by atoms with Gasteiger partial charge in [-0.05, 0) is 31.7 Å². The maximum atomic E-state index is 11.6. The van der Waals surface area contributed by atoms with Crippen LogP contribution in [0.2, 0.25) is 0 Å². The summed E-state index contributed by atoms with van der Waals surface area (Å²) in [7, 11) is 0. The van der Waals surface area contributed by atoms with Crippen molar-refractivity contribution in [2.75, 3.05) is 19.6 Å². The number of urea groups is 1. The zero-order valence-corrected chi connectivity index (χ0v) is 9.24. The van der Waals surface area contributed by atoms with Gasteiger partial charge in [-0.2, -0.15) is 0 Å². The zero-order chi connectivity index (χ0) is 10.7. The van der Waals surface area contributed by atoms with Gasteiger partial charge < -0.3 is 16.0 Å². The average Bonchev–Trinajstić information content (AvgIpc) is 2.83. The van der Waals surface area contributed by atoms with E-state index in [9.17, 15) is 4.79 Å². The second-order valence-corrected chi connectivity index (χ2v) is 4.69. The molecule has 2 fully saturated rings. The summed E-state index contributed by atoms with van der Waals surface area (Å²) < 4.78 is 0. The van der Waals surface area contributed by atoms with Crippen LogP contribution in [-0.4, -0.2) is 36.6 Å². The van der Waals surface area contributed by atoms with Crippen LogP contribution >= 0.6 is 0 Å². The summed E-state index contributed by atoms with van der Waals surface area (Å²) in [5, 5.41) is 3.10. The lowest BCUT2D eigenvalue weighted by molar-refractivity contribution is 0.217. The average molecular weight is 211 g/mol. The number of carbonyl (C=O) groups is 1. The molecule has 1 aliphatic heterocycles. The molecule has 3 N–H and O–H groups in total. The number of nitrogens with one attached hydrogen (secondary N) is 1. The summed E-state index contributed by atoms with van der Waals surface area (Å²) in [5.74, 6) is 0.719. The fraction of sp³-hybridized carbons (Fsp3) is 0.909. The summed E-state index contributed by atoms with van der Waals surface area (Å²) in [6.07, 6.45) is 6.15. The van der Waals surface area contributed by atoms with Crippen molar-refractivity contribution in [3.8, 4) is 0 Å². The van der Waals surface area contributed by atoms with Gasteiger partial charge in [-0.3, -0.25) is 0 Å². The third-order valence-electron chi connectivity index (χ3n) is 3.61. The fourth-order valence-electron chi connectivity index (χ4n) is 2.72. The van der Waals surface area contributed by atoms with Crippen molar-refractivity contribution < 1.29 is 4.79 Å². The van der Waals surface area contributed by atoms with Gasteiger partial charge in [-0.25, -0.2) is 4.79 Å². The zero-order valence-electron chi connectivity index (χ0n) is 9.24. The van der Waals surface area contributed by atoms with Gasteiger partial charge in [-0.15, -0.1) is 0 Å². The first-order chi connectivity index (χ1) is 7.31. The Balaban J connectivity index is 1.82. The third-order valence-corrected chi connectivity index (χ3v) is 3.61. The molecule has 2 amide bonds. The van der Waals surface area contributed by atoms with E-state index in [-0.39, 0.29) is 6.03 Å². The van der Waals surface area contributed by atoms with Gasteiger partial charge in [0.2, 0.25) is 0 Å². The van der Waals surface area contributed by atoms with Crippen LogP contribution < -0.4 is 11.1 Å². The standard InChI is InChI=1S/C11H21N3O/c12-6-3-7-14-8-10(13-11(14)15)9-4-1-2-5-9/h9-10H,1-8,12H2,(H,13,15). The Morgan fingerprint density at radius 3 is 2.80 bits per heavy atom. The molecule has 1 unspecified atom stereocenters. The second-order valence-electron chi connectivity index (χ2n) is 4.69. The molecule has 1 heterocycles. The van der Waals surface area contributed by atoms with Gasteiger partial charge in [0.05, 0.1) is 6.04 Å². The fourth-order valence-corrected chi connectivity index (χ4v) is 2.72. The van der Waals surface area contributed by atoms with Crippen LogP contribution in [0, 0.1) is 5.92 Å². The number of carbonyl (C=O) groups excluding carboxylic acids is 1. The molecule has 0 aromatic heterocycles. The minimum absolute atomic E-state index is 0.111. The van der Waals surface area contributed by atoms with Crippen LogP contribution in [0.5, 0.6) is 0 Å². The summed E-state index contributed by atoms with van der Waals surface area (Å²) in [4.78, 5) is 13.5. The predicted molar refractivity (Wildman–Crippen MR) is 59.5 cm³/mol. The van der Waals surface area contributed by atoms with E-state index in [1.807, 2.05) is 4.90 Å². The van der Waals surface area contributed by atoms with Gasteiger partial charge >= 0.3 is 6.03 Å². The molecular formula is C11H21N3O. The molecule has 4 nitrogen and oxygen atoms in total. The van der Waals surface area contributed by atoms with E-state index in [2.05, 4.69) is 5.32 Å². The molecule has 2 aliphatic rings. The first-order valence-corrected chi connectivity index (χ1v) is 6.07. The van der Waals surface area contributed by atoms with Crippen molar-refractivity contribution in [2.24, 2.45) is 11.7 Å². The Morgan fingerprint density at radius 1 is 1.40 bits per heavy atom. The van der Waals surface area contributed by atoms with E-state index < -0.39 is 0 Å². The summed E-state index contributed by atoms with van der Waals surface area (Å²) in [6.45, 7) is 2.37. The van der Waals surface area contributed by atoms with Crippen molar-refractivity contribution in [1.29, 1.82) is 0 Å². The van der Waals surface area contributed by atoms with Gasteiger partial charge in [0.25, 0.3) is 0 Å². The van der Waals surface area contributed by atoms with Crippen LogP contribution in [0.3, 0.4) is 0 Å². The molecule has 86 valence electrons. The van der Waals surface area contributed by atoms with Crippen molar-refractivity contribution in [3.05, 3.63) is 0 Å². The Labute approximate surface area is 91.2 Å². The molecule has 15 heavy (non-hydrogen) atoms. The van der Waals surface area contributed by atoms with Crippen LogP contribution in [0.15, 0.2) is 0 Å². The highest BCUT2D eigenvalue weighted by atomic mass is 16.2. The number of hydrogen-bond donors (Lipinski definition) is 2. The molecular weight excluding hydrogens is 190 g/mol. The summed E-state index contributed by atoms with van der Waals surface area (Å²) in [5.41, 5.74) is 5.45. The minimum Gasteiger partial charge on any atom is -0.333 e. The van der Waals surface area contributed by atoms with Crippen LogP contribution in [0.4, 0.5) is 4.79 Å². The minimum atomic E-state index is 0.111. The second kappa shape index (κ2) is 4.84. The highest BCUT2D eigenvalue weighted by Crippen LogP contribution is 2.29. The van der Waals surface area contributed by atoms with Crippen molar-refractivity contribution >= 4 is 6.03 Å². The number of nitrogens with two attached hydrogens (primary N) is 1. The lowest BCUT2D eigenvalue weighted by atomic mass is 9.99. The highest BCUT2D eigenvalue weighted by molar-refractivity contribution is 5.76.